The molecule has 7 heteroatoms. The molecular formula is C12H12Cl2O4S. The fourth-order valence-corrected chi connectivity index (χ4v) is 4.65. The van der Waals surface area contributed by atoms with Gasteiger partial charge >= 0.3 is 5.97 Å². The molecule has 19 heavy (non-hydrogen) atoms. The SMILES string of the molecule is O=C(O)c1cc(Cl)cc(S(=O)(=O)CC2CCC2)c1Cl. The number of benzene rings is 1. The smallest absolute Gasteiger partial charge is 0.337 e. The highest BCUT2D eigenvalue weighted by atomic mass is 35.5. The summed E-state index contributed by atoms with van der Waals surface area (Å²) in [6, 6.07) is 2.36. The van der Waals surface area contributed by atoms with E-state index >= 15 is 0 Å². The Hall–Kier alpha value is -0.780. The van der Waals surface area contributed by atoms with Crippen molar-refractivity contribution in [2.24, 2.45) is 5.92 Å². The highest BCUT2D eigenvalue weighted by Gasteiger charge is 2.29. The van der Waals surface area contributed by atoms with Crippen LogP contribution in [-0.4, -0.2) is 25.2 Å². The number of hydrogen-bond acceptors (Lipinski definition) is 3. The number of halogens is 2. The van der Waals surface area contributed by atoms with E-state index in [9.17, 15) is 13.2 Å². The van der Waals surface area contributed by atoms with E-state index in [4.69, 9.17) is 28.3 Å². The van der Waals surface area contributed by atoms with Crippen molar-refractivity contribution < 1.29 is 18.3 Å². The predicted octanol–water partition coefficient (Wildman–Crippen LogP) is 3.27. The maximum Gasteiger partial charge on any atom is 0.337 e. The van der Waals surface area contributed by atoms with Gasteiger partial charge in [-0.05, 0) is 30.9 Å². The van der Waals surface area contributed by atoms with Gasteiger partial charge in [0.05, 0.1) is 21.2 Å². The molecule has 1 N–H and O–H groups in total. The Labute approximate surface area is 121 Å². The van der Waals surface area contributed by atoms with Crippen LogP contribution in [0.15, 0.2) is 17.0 Å². The van der Waals surface area contributed by atoms with E-state index in [0.717, 1.165) is 25.3 Å². The number of carboxylic acid groups (broad SMARTS) is 1. The minimum absolute atomic E-state index is 0.00782. The molecule has 0 saturated heterocycles. The van der Waals surface area contributed by atoms with Crippen molar-refractivity contribution in [2.75, 3.05) is 5.75 Å². The van der Waals surface area contributed by atoms with E-state index in [0.29, 0.717) is 0 Å². The molecule has 1 fully saturated rings. The van der Waals surface area contributed by atoms with Crippen LogP contribution in [0.4, 0.5) is 0 Å². The Morgan fingerprint density at radius 3 is 2.42 bits per heavy atom. The maximum absolute atomic E-state index is 12.2. The van der Waals surface area contributed by atoms with Crippen LogP contribution in [0.25, 0.3) is 0 Å². The zero-order valence-electron chi connectivity index (χ0n) is 9.90. The minimum Gasteiger partial charge on any atom is -0.478 e. The molecule has 0 radical (unpaired) electrons. The van der Waals surface area contributed by atoms with Crippen molar-refractivity contribution >= 4 is 39.0 Å². The summed E-state index contributed by atoms with van der Waals surface area (Å²) in [4.78, 5) is 10.8. The Bertz CT molecular complexity index is 621. The van der Waals surface area contributed by atoms with Crippen LogP contribution < -0.4 is 0 Å². The second kappa shape index (κ2) is 5.31. The Morgan fingerprint density at radius 2 is 1.95 bits per heavy atom. The third-order valence-corrected chi connectivity index (χ3v) is 5.89. The first-order valence-corrected chi connectivity index (χ1v) is 8.17. The summed E-state index contributed by atoms with van der Waals surface area (Å²) < 4.78 is 24.5. The van der Waals surface area contributed by atoms with Gasteiger partial charge in [-0.15, -0.1) is 0 Å². The summed E-state index contributed by atoms with van der Waals surface area (Å²) in [5.41, 5.74) is -0.290. The summed E-state index contributed by atoms with van der Waals surface area (Å²) >= 11 is 11.7. The number of carbonyl (C=O) groups is 1. The van der Waals surface area contributed by atoms with Gasteiger partial charge in [-0.3, -0.25) is 0 Å². The van der Waals surface area contributed by atoms with Crippen LogP contribution in [0.5, 0.6) is 0 Å². The zero-order valence-corrected chi connectivity index (χ0v) is 12.2. The van der Waals surface area contributed by atoms with Crippen molar-refractivity contribution in [3.8, 4) is 0 Å². The summed E-state index contributed by atoms with van der Waals surface area (Å²) in [5, 5.41) is 8.76. The Balaban J connectivity index is 2.46. The molecule has 4 nitrogen and oxygen atoms in total. The van der Waals surface area contributed by atoms with Crippen LogP contribution >= 0.6 is 23.2 Å². The fourth-order valence-electron chi connectivity index (χ4n) is 2.01. The molecule has 1 aliphatic carbocycles. The van der Waals surface area contributed by atoms with Crippen LogP contribution in [-0.2, 0) is 9.84 Å². The minimum atomic E-state index is -3.61. The number of rotatable bonds is 4. The fraction of sp³-hybridized carbons (Fsp3) is 0.417. The molecule has 0 aliphatic heterocycles. The molecule has 0 spiro atoms. The number of hydrogen-bond donors (Lipinski definition) is 1. The lowest BCUT2D eigenvalue weighted by Crippen LogP contribution is -2.22. The Kier molecular flexibility index (Phi) is 4.08. The normalized spacial score (nSPS) is 16.1. The first kappa shape index (κ1) is 14.6. The lowest BCUT2D eigenvalue weighted by atomic mass is 9.87. The van der Waals surface area contributed by atoms with Crippen molar-refractivity contribution in [1.82, 2.24) is 0 Å². The van der Waals surface area contributed by atoms with Gasteiger partial charge in [0.1, 0.15) is 0 Å². The first-order valence-electron chi connectivity index (χ1n) is 5.76. The zero-order chi connectivity index (χ0) is 14.2. The van der Waals surface area contributed by atoms with Crippen LogP contribution in [0.3, 0.4) is 0 Å². The molecule has 0 atom stereocenters. The summed E-state index contributed by atoms with van der Waals surface area (Å²) in [7, 11) is -3.61. The van der Waals surface area contributed by atoms with Crippen LogP contribution in [0.2, 0.25) is 10.0 Å². The molecule has 104 valence electrons. The van der Waals surface area contributed by atoms with Gasteiger partial charge < -0.3 is 5.11 Å². The largest absolute Gasteiger partial charge is 0.478 e. The number of sulfone groups is 1. The molecule has 1 aromatic carbocycles. The van der Waals surface area contributed by atoms with Gasteiger partial charge in [0.25, 0.3) is 0 Å². The van der Waals surface area contributed by atoms with Crippen molar-refractivity contribution in [3.63, 3.8) is 0 Å². The highest BCUT2D eigenvalue weighted by molar-refractivity contribution is 7.91. The van der Waals surface area contributed by atoms with Crippen molar-refractivity contribution in [3.05, 3.63) is 27.7 Å². The van der Waals surface area contributed by atoms with E-state index in [-0.39, 0.29) is 32.2 Å². The number of aromatic carboxylic acids is 1. The van der Waals surface area contributed by atoms with E-state index in [1.165, 1.54) is 6.07 Å². The van der Waals surface area contributed by atoms with Crippen LogP contribution in [0, 0.1) is 5.92 Å². The number of carboxylic acids is 1. The molecule has 1 saturated carbocycles. The van der Waals surface area contributed by atoms with Crippen molar-refractivity contribution in [1.29, 1.82) is 0 Å². The van der Waals surface area contributed by atoms with E-state index in [2.05, 4.69) is 0 Å². The lowest BCUT2D eigenvalue weighted by molar-refractivity contribution is 0.0697. The maximum atomic E-state index is 12.2. The average Bonchev–Trinajstić information content (AvgIpc) is 2.26. The van der Waals surface area contributed by atoms with E-state index in [1.807, 2.05) is 0 Å². The van der Waals surface area contributed by atoms with E-state index in [1.54, 1.807) is 0 Å². The second-order valence-corrected chi connectivity index (χ2v) is 7.47. The van der Waals surface area contributed by atoms with E-state index < -0.39 is 15.8 Å². The predicted molar refractivity (Wildman–Crippen MR) is 72.8 cm³/mol. The van der Waals surface area contributed by atoms with Gasteiger partial charge in [-0.2, -0.15) is 0 Å². The molecular weight excluding hydrogens is 311 g/mol. The van der Waals surface area contributed by atoms with Gasteiger partial charge in [-0.25, -0.2) is 13.2 Å². The molecule has 2 rings (SSSR count). The van der Waals surface area contributed by atoms with Crippen LogP contribution in [0.1, 0.15) is 29.6 Å². The molecule has 1 aliphatic rings. The molecule has 0 unspecified atom stereocenters. The van der Waals surface area contributed by atoms with Crippen molar-refractivity contribution in [2.45, 2.75) is 24.2 Å². The topological polar surface area (TPSA) is 71.4 Å². The lowest BCUT2D eigenvalue weighted by Gasteiger charge is -2.25. The monoisotopic (exact) mass is 322 g/mol. The quantitative estimate of drug-likeness (QED) is 0.923. The van der Waals surface area contributed by atoms with Gasteiger partial charge in [0.15, 0.2) is 9.84 Å². The molecule has 0 amide bonds. The third kappa shape index (κ3) is 3.04. The standard InChI is InChI=1S/C12H12Cl2O4S/c13-8-4-9(12(15)16)11(14)10(5-8)19(17,18)6-7-2-1-3-7/h4-5,7H,1-3,6H2,(H,15,16). The summed E-state index contributed by atoms with van der Waals surface area (Å²) in [6.07, 6.45) is 2.79. The first-order chi connectivity index (χ1) is 8.81. The summed E-state index contributed by atoms with van der Waals surface area (Å²) in [5.74, 6) is -1.17. The van der Waals surface area contributed by atoms with Gasteiger partial charge in [-0.1, -0.05) is 29.6 Å². The third-order valence-electron chi connectivity index (χ3n) is 3.25. The molecule has 0 aromatic heterocycles. The second-order valence-electron chi connectivity index (χ2n) is 4.65. The average molecular weight is 323 g/mol. The summed E-state index contributed by atoms with van der Waals surface area (Å²) in [6.45, 7) is 0. The Morgan fingerprint density at radius 1 is 1.32 bits per heavy atom. The molecule has 0 bridgehead atoms. The highest BCUT2D eigenvalue weighted by Crippen LogP contribution is 2.34. The molecule has 0 heterocycles. The van der Waals surface area contributed by atoms with Gasteiger partial charge in [0, 0.05) is 5.02 Å². The van der Waals surface area contributed by atoms with Gasteiger partial charge in [0.2, 0.25) is 0 Å². The molecule has 1 aromatic rings.